The predicted molar refractivity (Wildman–Crippen MR) is 77.0 cm³/mol. The summed E-state index contributed by atoms with van der Waals surface area (Å²) in [7, 11) is 1.73. The number of benzene rings is 1. The Morgan fingerprint density at radius 2 is 2.11 bits per heavy atom. The summed E-state index contributed by atoms with van der Waals surface area (Å²) in [5.41, 5.74) is 1.29. The maximum Gasteiger partial charge on any atom is 0.255 e. The fourth-order valence-electron chi connectivity index (χ4n) is 1.74. The minimum Gasteiger partial charge on any atom is -0.337 e. The molecule has 0 aliphatic heterocycles. The third-order valence-electron chi connectivity index (χ3n) is 2.69. The lowest BCUT2D eigenvalue weighted by molar-refractivity contribution is 0.0784. The number of amides is 1. The molecular weight excluding hydrogens is 308 g/mol. The molecule has 0 fully saturated rings. The third-order valence-corrected chi connectivity index (χ3v) is 3.18. The van der Waals surface area contributed by atoms with Crippen LogP contribution in [0.1, 0.15) is 15.9 Å². The molecule has 1 aromatic carbocycles. The Labute approximate surface area is 119 Å². The first-order chi connectivity index (χ1) is 9.06. The van der Waals surface area contributed by atoms with Crippen molar-refractivity contribution in [3.63, 3.8) is 0 Å². The van der Waals surface area contributed by atoms with Gasteiger partial charge in [0.2, 0.25) is 5.56 Å². The number of aromatic nitrogens is 1. The number of nitrogens with one attached hydrogen (secondary N) is 1. The molecule has 5 heteroatoms. The topological polar surface area (TPSA) is 53.2 Å². The molecule has 2 aromatic rings. The van der Waals surface area contributed by atoms with Gasteiger partial charge in [0.1, 0.15) is 0 Å². The minimum absolute atomic E-state index is 0.128. The molecule has 0 unspecified atom stereocenters. The average Bonchev–Trinajstić information content (AvgIpc) is 2.39. The monoisotopic (exact) mass is 320 g/mol. The maximum atomic E-state index is 12.1. The normalized spacial score (nSPS) is 10.2. The maximum absolute atomic E-state index is 12.1. The summed E-state index contributed by atoms with van der Waals surface area (Å²) < 4.78 is 0.981. The first-order valence-electron chi connectivity index (χ1n) is 5.75. The number of hydrogen-bond acceptors (Lipinski definition) is 2. The van der Waals surface area contributed by atoms with Gasteiger partial charge in [-0.3, -0.25) is 9.59 Å². The van der Waals surface area contributed by atoms with Gasteiger partial charge in [-0.2, -0.15) is 0 Å². The summed E-state index contributed by atoms with van der Waals surface area (Å²) in [6, 6.07) is 10.7. The van der Waals surface area contributed by atoms with Gasteiger partial charge in [-0.25, -0.2) is 0 Å². The zero-order valence-electron chi connectivity index (χ0n) is 10.4. The Morgan fingerprint density at radius 1 is 1.32 bits per heavy atom. The van der Waals surface area contributed by atoms with E-state index >= 15 is 0 Å². The number of H-pyrrole nitrogens is 1. The van der Waals surface area contributed by atoms with E-state index in [-0.39, 0.29) is 11.5 Å². The standard InChI is InChI=1S/C14H13BrN2O2/c1-17(9-10-3-2-4-12(15)7-10)14(19)11-5-6-13(18)16-8-11/h2-8H,9H2,1H3,(H,16,18). The van der Waals surface area contributed by atoms with Crippen molar-refractivity contribution in [2.75, 3.05) is 7.05 Å². The fourth-order valence-corrected chi connectivity index (χ4v) is 2.19. The van der Waals surface area contributed by atoms with Gasteiger partial charge < -0.3 is 9.88 Å². The van der Waals surface area contributed by atoms with E-state index < -0.39 is 0 Å². The molecule has 0 radical (unpaired) electrons. The summed E-state index contributed by atoms with van der Waals surface area (Å²) >= 11 is 3.40. The number of nitrogens with zero attached hydrogens (tertiary/aromatic N) is 1. The molecule has 1 heterocycles. The van der Waals surface area contributed by atoms with Crippen molar-refractivity contribution in [1.82, 2.24) is 9.88 Å². The van der Waals surface area contributed by atoms with Crippen LogP contribution >= 0.6 is 15.9 Å². The largest absolute Gasteiger partial charge is 0.337 e. The van der Waals surface area contributed by atoms with E-state index in [1.165, 1.54) is 18.3 Å². The Balaban J connectivity index is 2.11. The predicted octanol–water partition coefficient (Wildman–Crippen LogP) is 2.41. The van der Waals surface area contributed by atoms with Gasteiger partial charge in [-0.05, 0) is 23.8 Å². The lowest BCUT2D eigenvalue weighted by atomic mass is 10.2. The molecule has 2 rings (SSSR count). The molecule has 98 valence electrons. The molecule has 0 aliphatic carbocycles. The van der Waals surface area contributed by atoms with Gasteiger partial charge in [-0.1, -0.05) is 28.1 Å². The number of carbonyl (C=O) groups is 1. The Morgan fingerprint density at radius 3 is 2.74 bits per heavy atom. The molecular formula is C14H13BrN2O2. The Bertz CT molecular complexity index is 631. The second-order valence-electron chi connectivity index (χ2n) is 4.23. The van der Waals surface area contributed by atoms with Gasteiger partial charge in [0.25, 0.3) is 5.91 Å². The Hall–Kier alpha value is -1.88. The van der Waals surface area contributed by atoms with Crippen molar-refractivity contribution in [2.45, 2.75) is 6.54 Å². The highest BCUT2D eigenvalue weighted by Gasteiger charge is 2.12. The van der Waals surface area contributed by atoms with Crippen molar-refractivity contribution in [1.29, 1.82) is 0 Å². The van der Waals surface area contributed by atoms with Crippen LogP contribution in [0.25, 0.3) is 0 Å². The highest BCUT2D eigenvalue weighted by atomic mass is 79.9. The van der Waals surface area contributed by atoms with Crippen LogP contribution in [0.2, 0.25) is 0 Å². The van der Waals surface area contributed by atoms with E-state index in [1.807, 2.05) is 24.3 Å². The number of hydrogen-bond donors (Lipinski definition) is 1. The van der Waals surface area contributed by atoms with E-state index in [2.05, 4.69) is 20.9 Å². The summed E-state index contributed by atoms with van der Waals surface area (Å²) in [6.07, 6.45) is 1.43. The minimum atomic E-state index is -0.216. The second-order valence-corrected chi connectivity index (χ2v) is 5.15. The number of halogens is 1. The van der Waals surface area contributed by atoms with Crippen LogP contribution in [0.4, 0.5) is 0 Å². The summed E-state index contributed by atoms with van der Waals surface area (Å²) in [4.78, 5) is 27.2. The van der Waals surface area contributed by atoms with Gasteiger partial charge in [0.05, 0.1) is 5.56 Å². The van der Waals surface area contributed by atoms with Crippen molar-refractivity contribution < 1.29 is 4.79 Å². The van der Waals surface area contributed by atoms with Crippen LogP contribution in [0.15, 0.2) is 51.9 Å². The van der Waals surface area contributed by atoms with E-state index in [0.717, 1.165) is 10.0 Å². The van der Waals surface area contributed by atoms with Crippen molar-refractivity contribution in [3.05, 3.63) is 68.5 Å². The van der Waals surface area contributed by atoms with Crippen LogP contribution in [0.3, 0.4) is 0 Å². The summed E-state index contributed by atoms with van der Waals surface area (Å²) in [5, 5.41) is 0. The molecule has 19 heavy (non-hydrogen) atoms. The molecule has 0 aliphatic rings. The first kappa shape index (κ1) is 13.5. The quantitative estimate of drug-likeness (QED) is 0.944. The van der Waals surface area contributed by atoms with Crippen LogP contribution in [0.5, 0.6) is 0 Å². The van der Waals surface area contributed by atoms with Gasteiger partial charge >= 0.3 is 0 Å². The van der Waals surface area contributed by atoms with Crippen molar-refractivity contribution >= 4 is 21.8 Å². The molecule has 1 aromatic heterocycles. The van der Waals surface area contributed by atoms with Crippen molar-refractivity contribution in [2.24, 2.45) is 0 Å². The molecule has 0 spiro atoms. The SMILES string of the molecule is CN(Cc1cccc(Br)c1)C(=O)c1ccc(=O)[nH]c1. The molecule has 0 atom stereocenters. The molecule has 0 saturated carbocycles. The third kappa shape index (κ3) is 3.54. The van der Waals surface area contributed by atoms with Crippen LogP contribution in [-0.2, 0) is 6.54 Å². The molecule has 4 nitrogen and oxygen atoms in total. The number of pyridine rings is 1. The van der Waals surface area contributed by atoms with Crippen LogP contribution < -0.4 is 5.56 Å². The number of rotatable bonds is 3. The van der Waals surface area contributed by atoms with Crippen LogP contribution in [-0.4, -0.2) is 22.8 Å². The average molecular weight is 321 g/mol. The zero-order chi connectivity index (χ0) is 13.8. The van der Waals surface area contributed by atoms with Gasteiger partial charge in [0.15, 0.2) is 0 Å². The van der Waals surface area contributed by atoms with Crippen LogP contribution in [0, 0.1) is 0 Å². The summed E-state index contributed by atoms with van der Waals surface area (Å²) in [6.45, 7) is 0.511. The lowest BCUT2D eigenvalue weighted by Gasteiger charge is -2.17. The molecule has 1 amide bonds. The van der Waals surface area contributed by atoms with E-state index in [4.69, 9.17) is 0 Å². The van der Waals surface area contributed by atoms with E-state index in [1.54, 1.807) is 11.9 Å². The van der Waals surface area contributed by atoms with E-state index in [9.17, 15) is 9.59 Å². The van der Waals surface area contributed by atoms with Crippen molar-refractivity contribution in [3.8, 4) is 0 Å². The highest BCUT2D eigenvalue weighted by Crippen LogP contribution is 2.13. The number of carbonyl (C=O) groups excluding carboxylic acids is 1. The fraction of sp³-hybridized carbons (Fsp3) is 0.143. The van der Waals surface area contributed by atoms with Gasteiger partial charge in [-0.15, -0.1) is 0 Å². The Kier molecular flexibility index (Phi) is 4.16. The summed E-state index contributed by atoms with van der Waals surface area (Å²) in [5.74, 6) is -0.128. The van der Waals surface area contributed by atoms with E-state index in [0.29, 0.717) is 12.1 Å². The molecule has 1 N–H and O–H groups in total. The second kappa shape index (κ2) is 5.84. The van der Waals surface area contributed by atoms with Gasteiger partial charge in [0, 0.05) is 30.3 Å². The molecule has 0 saturated heterocycles. The lowest BCUT2D eigenvalue weighted by Crippen LogP contribution is -2.26. The highest BCUT2D eigenvalue weighted by molar-refractivity contribution is 9.10. The zero-order valence-corrected chi connectivity index (χ0v) is 12.0. The smallest absolute Gasteiger partial charge is 0.255 e. The first-order valence-corrected chi connectivity index (χ1v) is 6.54. The number of aromatic amines is 1. The molecule has 0 bridgehead atoms.